The minimum Gasteiger partial charge on any atom is -0.329 e. The summed E-state index contributed by atoms with van der Waals surface area (Å²) in [6.07, 6.45) is 1.20. The fraction of sp³-hybridized carbons (Fsp3) is 0.185. The number of hydrogen-bond donors (Lipinski definition) is 1. The lowest BCUT2D eigenvalue weighted by molar-refractivity contribution is -0.116. The van der Waals surface area contributed by atoms with Crippen LogP contribution in [0, 0.1) is 12.7 Å². The van der Waals surface area contributed by atoms with E-state index < -0.39 is 0 Å². The van der Waals surface area contributed by atoms with Crippen LogP contribution >= 0.6 is 0 Å². The number of aryl methyl sites for hydroxylation is 1. The molecule has 0 spiro atoms. The van der Waals surface area contributed by atoms with E-state index in [0.29, 0.717) is 6.42 Å². The van der Waals surface area contributed by atoms with Gasteiger partial charge in [0.1, 0.15) is 5.82 Å². The number of nitrogens with one attached hydrogen (secondary N) is 1. The van der Waals surface area contributed by atoms with Crippen LogP contribution < -0.4 is 5.32 Å². The van der Waals surface area contributed by atoms with Crippen molar-refractivity contribution in [2.24, 2.45) is 0 Å². The van der Waals surface area contributed by atoms with Crippen LogP contribution in [0.25, 0.3) is 11.0 Å². The first-order valence-corrected chi connectivity index (χ1v) is 10.9. The van der Waals surface area contributed by atoms with Crippen LogP contribution in [0.15, 0.2) is 84.1 Å². The van der Waals surface area contributed by atoms with Crippen molar-refractivity contribution in [1.29, 1.82) is 0 Å². The van der Waals surface area contributed by atoms with Crippen molar-refractivity contribution >= 4 is 22.8 Å². The number of Topliss-reactive ketones (excluding diaryl/α,β-unsaturated/α-hetero) is 1. The van der Waals surface area contributed by atoms with Crippen molar-refractivity contribution in [1.82, 2.24) is 9.55 Å². The number of para-hydroxylation sites is 2. The van der Waals surface area contributed by atoms with Gasteiger partial charge in [0.2, 0.25) is 5.95 Å². The van der Waals surface area contributed by atoms with Crippen LogP contribution in [0.1, 0.15) is 41.5 Å². The molecule has 4 aromatic rings. The topological polar surface area (TPSA) is 46.9 Å². The molecular weight excluding hydrogens is 401 g/mol. The molecule has 0 unspecified atom stereocenters. The van der Waals surface area contributed by atoms with Crippen molar-refractivity contribution in [2.75, 3.05) is 5.32 Å². The molecule has 1 aromatic heterocycles. The molecule has 0 saturated heterocycles. The Bertz CT molecular complexity index is 1380. The van der Waals surface area contributed by atoms with Gasteiger partial charge in [0.25, 0.3) is 0 Å². The third kappa shape index (κ3) is 2.96. The maximum absolute atomic E-state index is 13.7. The molecule has 0 bridgehead atoms. The highest BCUT2D eigenvalue weighted by atomic mass is 19.1. The molecule has 2 heterocycles. The van der Waals surface area contributed by atoms with E-state index in [9.17, 15) is 9.18 Å². The number of benzene rings is 3. The summed E-state index contributed by atoms with van der Waals surface area (Å²) in [6, 6.07) is 22.5. The molecule has 1 N–H and O–H groups in total. The predicted molar refractivity (Wildman–Crippen MR) is 123 cm³/mol. The Morgan fingerprint density at radius 3 is 2.44 bits per heavy atom. The molecule has 158 valence electrons. The summed E-state index contributed by atoms with van der Waals surface area (Å²) in [7, 11) is 0. The summed E-state index contributed by atoms with van der Waals surface area (Å²) in [5.74, 6) is 0.680. The standard InChI is InChI=1S/C27H22FN3O/c1-16-6-8-17(9-7-16)19-14-22-25(24(32)15-19)26(18-10-12-20(28)13-11-18)31-23-5-3-2-4-21(23)29-27(31)30-22/h2-13,19,26H,14-15H2,1H3,(H,29,30)/t19-,26+/m1/s1. The maximum Gasteiger partial charge on any atom is 0.209 e. The van der Waals surface area contributed by atoms with Crippen molar-refractivity contribution in [3.63, 3.8) is 0 Å². The van der Waals surface area contributed by atoms with Crippen LogP contribution in [0.3, 0.4) is 0 Å². The van der Waals surface area contributed by atoms with Gasteiger partial charge in [-0.2, -0.15) is 0 Å². The lowest BCUT2D eigenvalue weighted by Gasteiger charge is -2.36. The molecule has 0 saturated carbocycles. The van der Waals surface area contributed by atoms with Crippen LogP contribution in [0.5, 0.6) is 0 Å². The molecule has 2 aliphatic rings. The SMILES string of the molecule is Cc1ccc([C@H]2CC(=O)C3=C(C2)Nc2nc4ccccc4n2[C@H]3c2ccc(F)cc2)cc1. The van der Waals surface area contributed by atoms with E-state index in [1.165, 1.54) is 23.3 Å². The largest absolute Gasteiger partial charge is 0.329 e. The van der Waals surface area contributed by atoms with Gasteiger partial charge in [0, 0.05) is 17.7 Å². The van der Waals surface area contributed by atoms with E-state index in [4.69, 9.17) is 4.98 Å². The number of ketones is 1. The molecule has 4 nitrogen and oxygen atoms in total. The fourth-order valence-electron chi connectivity index (χ4n) is 5.06. The molecule has 3 aromatic carbocycles. The van der Waals surface area contributed by atoms with Gasteiger partial charge >= 0.3 is 0 Å². The number of aromatic nitrogens is 2. The van der Waals surface area contributed by atoms with E-state index in [1.807, 2.05) is 24.3 Å². The fourth-order valence-corrected chi connectivity index (χ4v) is 5.06. The van der Waals surface area contributed by atoms with Crippen molar-refractivity contribution < 1.29 is 9.18 Å². The average Bonchev–Trinajstić information content (AvgIpc) is 3.17. The third-order valence-corrected chi connectivity index (χ3v) is 6.63. The lowest BCUT2D eigenvalue weighted by atomic mass is 9.77. The first-order valence-electron chi connectivity index (χ1n) is 10.9. The first-order chi connectivity index (χ1) is 15.6. The smallest absolute Gasteiger partial charge is 0.209 e. The lowest BCUT2D eigenvalue weighted by Crippen LogP contribution is -2.33. The summed E-state index contributed by atoms with van der Waals surface area (Å²) in [5.41, 5.74) is 6.76. The molecule has 5 heteroatoms. The second-order valence-electron chi connectivity index (χ2n) is 8.70. The number of halogens is 1. The van der Waals surface area contributed by atoms with Crippen LogP contribution in [0.4, 0.5) is 10.3 Å². The molecule has 0 radical (unpaired) electrons. The average molecular weight is 423 g/mol. The maximum atomic E-state index is 13.7. The Morgan fingerprint density at radius 1 is 0.938 bits per heavy atom. The molecule has 6 rings (SSSR count). The van der Waals surface area contributed by atoms with Gasteiger partial charge < -0.3 is 5.32 Å². The van der Waals surface area contributed by atoms with Gasteiger partial charge in [-0.05, 0) is 54.7 Å². The normalized spacial score (nSPS) is 20.1. The zero-order chi connectivity index (χ0) is 21.8. The number of rotatable bonds is 2. The molecular formula is C27H22FN3O. The molecule has 32 heavy (non-hydrogen) atoms. The minimum absolute atomic E-state index is 0.124. The Morgan fingerprint density at radius 2 is 1.66 bits per heavy atom. The molecule has 1 aliphatic heterocycles. The Kier molecular flexibility index (Phi) is 4.25. The number of nitrogens with zero attached hydrogens (tertiary/aromatic N) is 2. The van der Waals surface area contributed by atoms with Crippen molar-refractivity contribution in [2.45, 2.75) is 31.7 Å². The Hall–Kier alpha value is -3.73. The summed E-state index contributed by atoms with van der Waals surface area (Å²) < 4.78 is 15.8. The zero-order valence-electron chi connectivity index (χ0n) is 17.7. The number of imidazole rings is 1. The van der Waals surface area contributed by atoms with Gasteiger partial charge in [-0.3, -0.25) is 9.36 Å². The van der Waals surface area contributed by atoms with Gasteiger partial charge in [0.15, 0.2) is 5.78 Å². The van der Waals surface area contributed by atoms with E-state index in [1.54, 1.807) is 12.1 Å². The first kappa shape index (κ1) is 19.0. The van der Waals surface area contributed by atoms with Crippen LogP contribution in [-0.4, -0.2) is 15.3 Å². The summed E-state index contributed by atoms with van der Waals surface area (Å²) in [4.78, 5) is 18.4. The highest BCUT2D eigenvalue weighted by Crippen LogP contribution is 2.45. The van der Waals surface area contributed by atoms with Gasteiger partial charge in [-0.25, -0.2) is 9.37 Å². The molecule has 0 fully saturated rings. The van der Waals surface area contributed by atoms with Gasteiger partial charge in [0.05, 0.1) is 17.1 Å². The number of carbonyl (C=O) groups is 1. The Balaban J connectivity index is 1.51. The minimum atomic E-state index is -0.333. The number of fused-ring (bicyclic) bond motifs is 3. The quantitative estimate of drug-likeness (QED) is 0.437. The number of allylic oxidation sites excluding steroid dienone is 2. The highest BCUT2D eigenvalue weighted by Gasteiger charge is 2.39. The van der Waals surface area contributed by atoms with E-state index in [-0.39, 0.29) is 23.6 Å². The van der Waals surface area contributed by atoms with E-state index >= 15 is 0 Å². The highest BCUT2D eigenvalue weighted by molar-refractivity contribution is 6.01. The summed E-state index contributed by atoms with van der Waals surface area (Å²) in [5, 5.41) is 3.48. The zero-order valence-corrected chi connectivity index (χ0v) is 17.7. The van der Waals surface area contributed by atoms with Gasteiger partial charge in [-0.15, -0.1) is 0 Å². The second-order valence-corrected chi connectivity index (χ2v) is 8.70. The van der Waals surface area contributed by atoms with Crippen molar-refractivity contribution in [3.05, 3.63) is 107 Å². The molecule has 2 atom stereocenters. The molecule has 0 amide bonds. The van der Waals surface area contributed by atoms with Gasteiger partial charge in [-0.1, -0.05) is 54.1 Å². The number of hydrogen-bond acceptors (Lipinski definition) is 3. The van der Waals surface area contributed by atoms with Crippen molar-refractivity contribution in [3.8, 4) is 0 Å². The monoisotopic (exact) mass is 423 g/mol. The third-order valence-electron chi connectivity index (χ3n) is 6.63. The summed E-state index contributed by atoms with van der Waals surface area (Å²) in [6.45, 7) is 2.07. The van der Waals surface area contributed by atoms with E-state index in [0.717, 1.165) is 40.2 Å². The molecule has 1 aliphatic carbocycles. The summed E-state index contributed by atoms with van der Waals surface area (Å²) >= 11 is 0. The van der Waals surface area contributed by atoms with Crippen LogP contribution in [0.2, 0.25) is 0 Å². The number of anilines is 1. The predicted octanol–water partition coefficient (Wildman–Crippen LogP) is 5.90. The number of carbonyl (C=O) groups excluding carboxylic acids is 1. The second kappa shape index (κ2) is 7.16. The van der Waals surface area contributed by atoms with E-state index in [2.05, 4.69) is 41.1 Å². The Labute approximate surface area is 185 Å². The van der Waals surface area contributed by atoms with Crippen LogP contribution in [-0.2, 0) is 4.79 Å².